The summed E-state index contributed by atoms with van der Waals surface area (Å²) in [7, 11) is 0. The Hall–Kier alpha value is -4.14. The number of fused-ring (bicyclic) bond motifs is 4. The molecule has 4 aromatic rings. The van der Waals surface area contributed by atoms with Crippen LogP contribution in [0.3, 0.4) is 0 Å². The molecular formula is C32H28F4N4O3. The number of anilines is 1. The van der Waals surface area contributed by atoms with Crippen molar-refractivity contribution in [1.82, 2.24) is 15.3 Å². The summed E-state index contributed by atoms with van der Waals surface area (Å²) in [5.41, 5.74) is -2.34. The maximum atomic E-state index is 16.6. The van der Waals surface area contributed by atoms with E-state index < -0.39 is 48.2 Å². The first-order chi connectivity index (χ1) is 20.5. The van der Waals surface area contributed by atoms with Gasteiger partial charge in [-0.15, -0.1) is 6.42 Å². The molecule has 7 rings (SSSR count). The van der Waals surface area contributed by atoms with Crippen LogP contribution in [0.25, 0.3) is 32.8 Å². The Morgan fingerprint density at radius 3 is 2.70 bits per heavy atom. The van der Waals surface area contributed by atoms with Gasteiger partial charge in [0.1, 0.15) is 29.5 Å². The lowest BCUT2D eigenvalue weighted by molar-refractivity contribution is 0.0126. The number of alkyl halides is 2. The van der Waals surface area contributed by atoms with Crippen LogP contribution >= 0.6 is 0 Å². The van der Waals surface area contributed by atoms with E-state index in [9.17, 15) is 19.0 Å². The van der Waals surface area contributed by atoms with Gasteiger partial charge in [0.25, 0.3) is 5.92 Å². The van der Waals surface area contributed by atoms with E-state index in [1.807, 2.05) is 4.90 Å². The van der Waals surface area contributed by atoms with Crippen LogP contribution < -0.4 is 15.0 Å². The summed E-state index contributed by atoms with van der Waals surface area (Å²) in [4.78, 5) is 10.6. The largest absolute Gasteiger partial charge is 0.508 e. The molecule has 2 bridgehead atoms. The SMILES string of the molecule is C#Cc1cccc2cc(O)cc(-c3c(F)cc4c(N5C[C@H]6CC[C@@](C)(C5)N6)nc(OC[C@]5(CO)CC5(F)F)nc4c3F)c12. The fourth-order valence-corrected chi connectivity index (χ4v) is 6.70. The number of aliphatic hydroxyl groups excluding tert-OH is 1. The van der Waals surface area contributed by atoms with Crippen LogP contribution in [0.2, 0.25) is 0 Å². The third kappa shape index (κ3) is 4.34. The number of phenolic OH excluding ortho intramolecular Hbond substituents is 1. The number of terminal acetylenes is 1. The van der Waals surface area contributed by atoms with Gasteiger partial charge in [-0.25, -0.2) is 17.6 Å². The molecule has 11 heteroatoms. The van der Waals surface area contributed by atoms with E-state index in [0.29, 0.717) is 29.4 Å². The van der Waals surface area contributed by atoms with Gasteiger partial charge in [-0.1, -0.05) is 18.1 Å². The fraction of sp³-hybridized carbons (Fsp3) is 0.375. The molecule has 2 aliphatic heterocycles. The molecule has 1 aromatic heterocycles. The first kappa shape index (κ1) is 27.7. The lowest BCUT2D eigenvalue weighted by Crippen LogP contribution is -2.58. The van der Waals surface area contributed by atoms with Gasteiger partial charge in [-0.05, 0) is 49.4 Å². The molecule has 3 fully saturated rings. The van der Waals surface area contributed by atoms with Crippen LogP contribution in [-0.4, -0.2) is 64.0 Å². The number of benzene rings is 3. The molecule has 0 unspecified atom stereocenters. The Morgan fingerprint density at radius 1 is 1.21 bits per heavy atom. The number of nitrogens with zero attached hydrogens (tertiary/aromatic N) is 3. The molecule has 43 heavy (non-hydrogen) atoms. The van der Waals surface area contributed by atoms with Gasteiger partial charge in [0, 0.05) is 53.0 Å². The normalized spacial score (nSPS) is 25.7. The highest BCUT2D eigenvalue weighted by Gasteiger charge is 2.71. The molecule has 2 saturated heterocycles. The van der Waals surface area contributed by atoms with E-state index in [2.05, 4.69) is 28.1 Å². The van der Waals surface area contributed by atoms with Crippen LogP contribution in [0.4, 0.5) is 23.4 Å². The molecule has 1 aliphatic carbocycles. The summed E-state index contributed by atoms with van der Waals surface area (Å²) < 4.78 is 66.5. The number of ether oxygens (including phenoxy) is 1. The molecule has 0 spiro atoms. The predicted molar refractivity (Wildman–Crippen MR) is 153 cm³/mol. The lowest BCUT2D eigenvalue weighted by Gasteiger charge is -2.40. The smallest absolute Gasteiger partial charge is 0.319 e. The molecular weight excluding hydrogens is 564 g/mol. The number of nitrogens with one attached hydrogen (secondary N) is 1. The second-order valence-electron chi connectivity index (χ2n) is 12.2. The average molecular weight is 593 g/mol. The van der Waals surface area contributed by atoms with E-state index >= 15 is 8.78 Å². The first-order valence-corrected chi connectivity index (χ1v) is 14.0. The minimum absolute atomic E-state index is 0.0349. The molecule has 0 radical (unpaired) electrons. The lowest BCUT2D eigenvalue weighted by atomic mass is 9.93. The molecule has 3 heterocycles. The Bertz CT molecular complexity index is 1860. The van der Waals surface area contributed by atoms with Crippen molar-refractivity contribution in [2.45, 2.75) is 43.7 Å². The number of halogens is 4. The van der Waals surface area contributed by atoms with Crippen LogP contribution in [0.5, 0.6) is 11.8 Å². The van der Waals surface area contributed by atoms with E-state index in [1.165, 1.54) is 12.1 Å². The van der Waals surface area contributed by atoms with Crippen molar-refractivity contribution in [2.75, 3.05) is 31.2 Å². The number of hydrogen-bond acceptors (Lipinski definition) is 7. The van der Waals surface area contributed by atoms with Gasteiger partial charge in [0.15, 0.2) is 5.82 Å². The highest BCUT2D eigenvalue weighted by molar-refractivity contribution is 6.04. The molecule has 3 atom stereocenters. The van der Waals surface area contributed by atoms with E-state index in [0.717, 1.165) is 18.9 Å². The summed E-state index contributed by atoms with van der Waals surface area (Å²) in [6.07, 6.45) is 6.98. The maximum absolute atomic E-state index is 16.6. The number of piperazine rings is 1. The second kappa shape index (κ2) is 9.43. The highest BCUT2D eigenvalue weighted by atomic mass is 19.3. The Labute approximate surface area is 244 Å². The van der Waals surface area contributed by atoms with E-state index in [4.69, 9.17) is 11.2 Å². The number of rotatable bonds is 6. The number of hydrogen-bond donors (Lipinski definition) is 3. The van der Waals surface area contributed by atoms with E-state index in [-0.39, 0.29) is 45.6 Å². The summed E-state index contributed by atoms with van der Waals surface area (Å²) in [5.74, 6) is -2.53. The van der Waals surface area contributed by atoms with Crippen LogP contribution in [0.15, 0.2) is 36.4 Å². The molecule has 0 amide bonds. The molecule has 3 N–H and O–H groups in total. The van der Waals surface area contributed by atoms with Crippen LogP contribution in [0.1, 0.15) is 31.7 Å². The standard InChI is InChI=1S/C32H28F4N4O3/c1-3-17-5-4-6-18-9-20(42)10-21(24(17)18)25-23(33)11-22-27(26(25)34)37-29(43-16-31(15-41)13-32(31,35)36)38-28(22)40-12-19-7-8-30(2,14-40)39-19/h1,4-6,9-11,19,39,41-42H,7-8,12-16H2,2H3/t19-,30+,31-/m1/s1. The predicted octanol–water partition coefficient (Wildman–Crippen LogP) is 5.14. The second-order valence-corrected chi connectivity index (χ2v) is 12.2. The number of aromatic nitrogens is 2. The number of phenols is 1. The first-order valence-electron chi connectivity index (χ1n) is 14.0. The molecule has 3 aromatic carbocycles. The van der Waals surface area contributed by atoms with Gasteiger partial charge in [0.05, 0.1) is 17.6 Å². The van der Waals surface area contributed by atoms with Gasteiger partial charge < -0.3 is 25.2 Å². The Balaban J connectivity index is 1.43. The molecule has 7 nitrogen and oxygen atoms in total. The Kier molecular flexibility index (Phi) is 6.07. The van der Waals surface area contributed by atoms with Crippen molar-refractivity contribution < 1.29 is 32.5 Å². The molecule has 1 saturated carbocycles. The minimum atomic E-state index is -3.11. The Morgan fingerprint density at radius 2 is 2.00 bits per heavy atom. The monoisotopic (exact) mass is 592 g/mol. The zero-order valence-electron chi connectivity index (χ0n) is 23.2. The van der Waals surface area contributed by atoms with Gasteiger partial charge in [0.2, 0.25) is 0 Å². The quantitative estimate of drug-likeness (QED) is 0.211. The number of aromatic hydroxyl groups is 1. The zero-order valence-corrected chi connectivity index (χ0v) is 23.2. The summed E-state index contributed by atoms with van der Waals surface area (Å²) in [5, 5.41) is 24.6. The summed E-state index contributed by atoms with van der Waals surface area (Å²) >= 11 is 0. The topological polar surface area (TPSA) is 90.7 Å². The van der Waals surface area contributed by atoms with Crippen molar-refractivity contribution in [3.8, 4) is 35.2 Å². The average Bonchev–Trinajstić information content (AvgIpc) is 3.42. The minimum Gasteiger partial charge on any atom is -0.508 e. The van der Waals surface area contributed by atoms with Crippen LogP contribution in [-0.2, 0) is 0 Å². The van der Waals surface area contributed by atoms with Crippen molar-refractivity contribution in [1.29, 1.82) is 0 Å². The fourth-order valence-electron chi connectivity index (χ4n) is 6.70. The van der Waals surface area contributed by atoms with Crippen molar-refractivity contribution in [3.63, 3.8) is 0 Å². The number of aliphatic hydroxyl groups is 1. The molecule has 3 aliphatic rings. The van der Waals surface area contributed by atoms with Gasteiger partial charge in [-0.2, -0.15) is 9.97 Å². The van der Waals surface area contributed by atoms with Crippen molar-refractivity contribution in [3.05, 3.63) is 53.6 Å². The van der Waals surface area contributed by atoms with E-state index in [1.54, 1.807) is 18.2 Å². The van der Waals surface area contributed by atoms with Gasteiger partial charge >= 0.3 is 6.01 Å². The van der Waals surface area contributed by atoms with Gasteiger partial charge in [-0.3, -0.25) is 0 Å². The summed E-state index contributed by atoms with van der Waals surface area (Å²) in [6.45, 7) is 1.68. The highest BCUT2D eigenvalue weighted by Crippen LogP contribution is 2.60. The third-order valence-electron chi connectivity index (χ3n) is 9.10. The maximum Gasteiger partial charge on any atom is 0.319 e. The third-order valence-corrected chi connectivity index (χ3v) is 9.10. The zero-order chi connectivity index (χ0) is 30.3. The van der Waals surface area contributed by atoms with Crippen molar-refractivity contribution >= 4 is 27.5 Å². The summed E-state index contributed by atoms with van der Waals surface area (Å²) in [6, 6.07) is 8.60. The molecule has 222 valence electrons. The van der Waals surface area contributed by atoms with Crippen molar-refractivity contribution in [2.24, 2.45) is 5.41 Å². The van der Waals surface area contributed by atoms with Crippen LogP contribution in [0, 0.1) is 29.4 Å².